The van der Waals surface area contributed by atoms with Crippen LogP contribution in [0.5, 0.6) is 5.75 Å². The smallest absolute Gasteiger partial charge is 0.148 e. The Morgan fingerprint density at radius 1 is 1.41 bits per heavy atom. The Bertz CT molecular complexity index is 513. The summed E-state index contributed by atoms with van der Waals surface area (Å²) in [5.74, 6) is 1.76. The fraction of sp³-hybridized carbons (Fsp3) is 0.273. The summed E-state index contributed by atoms with van der Waals surface area (Å²) in [6.45, 7) is 0.540. The number of hydrogen-bond acceptors (Lipinski definition) is 3. The molecule has 0 atom stereocenters. The summed E-state index contributed by atoms with van der Waals surface area (Å²) in [4.78, 5) is 0. The number of benzene rings is 1. The van der Waals surface area contributed by atoms with Gasteiger partial charge >= 0.3 is 0 Å². The molecule has 0 aliphatic heterocycles. The summed E-state index contributed by atoms with van der Waals surface area (Å²) in [7, 11) is 1.61. The number of halogens is 2. The van der Waals surface area contributed by atoms with E-state index < -0.39 is 0 Å². The average Bonchev–Trinajstić information content (AvgIpc) is 2.79. The fourth-order valence-electron chi connectivity index (χ4n) is 1.57. The zero-order valence-electron chi connectivity index (χ0n) is 9.23. The van der Waals surface area contributed by atoms with E-state index in [0.717, 1.165) is 11.3 Å². The van der Waals surface area contributed by atoms with E-state index in [9.17, 15) is 0 Å². The summed E-state index contributed by atoms with van der Waals surface area (Å²) in [5, 5.41) is 8.38. The van der Waals surface area contributed by atoms with Crippen LogP contribution in [0.15, 0.2) is 24.5 Å². The lowest BCUT2D eigenvalue weighted by Crippen LogP contribution is -2.05. The van der Waals surface area contributed by atoms with Crippen molar-refractivity contribution >= 4 is 23.2 Å². The molecule has 1 heterocycles. The van der Waals surface area contributed by atoms with Gasteiger partial charge in [0, 0.05) is 10.6 Å². The lowest BCUT2D eigenvalue weighted by Gasteiger charge is -2.11. The van der Waals surface area contributed by atoms with Crippen molar-refractivity contribution in [2.24, 2.45) is 0 Å². The number of methoxy groups -OCH3 is 1. The maximum Gasteiger partial charge on any atom is 0.148 e. The molecule has 0 saturated carbocycles. The van der Waals surface area contributed by atoms with Gasteiger partial charge < -0.3 is 9.30 Å². The van der Waals surface area contributed by atoms with Gasteiger partial charge in [0.05, 0.1) is 19.5 Å². The highest BCUT2D eigenvalue weighted by Gasteiger charge is 2.10. The number of rotatable bonds is 4. The van der Waals surface area contributed by atoms with Gasteiger partial charge in [0.25, 0.3) is 0 Å². The average molecular weight is 272 g/mol. The van der Waals surface area contributed by atoms with Gasteiger partial charge in [-0.3, -0.25) is 0 Å². The van der Waals surface area contributed by atoms with E-state index in [1.807, 2.05) is 22.8 Å². The van der Waals surface area contributed by atoms with E-state index >= 15 is 0 Å². The first-order valence-corrected chi connectivity index (χ1v) is 5.91. The number of aromatic nitrogens is 3. The zero-order chi connectivity index (χ0) is 12.3. The van der Waals surface area contributed by atoms with Crippen LogP contribution in [0.1, 0.15) is 11.4 Å². The largest absolute Gasteiger partial charge is 0.496 e. The van der Waals surface area contributed by atoms with Gasteiger partial charge in [-0.2, -0.15) is 0 Å². The van der Waals surface area contributed by atoms with Crippen LogP contribution in [0.3, 0.4) is 0 Å². The standard InChI is InChI=1S/C11H11Cl2N3O/c1-17-10-4-2-3-9(13)8(10)6-16-7-14-15-11(16)5-12/h2-4,7H,5-6H2,1H3. The molecule has 90 valence electrons. The van der Waals surface area contributed by atoms with Crippen LogP contribution in [0.25, 0.3) is 0 Å². The molecule has 0 radical (unpaired) electrons. The van der Waals surface area contributed by atoms with E-state index in [-0.39, 0.29) is 0 Å². The minimum atomic E-state index is 0.312. The monoisotopic (exact) mass is 271 g/mol. The highest BCUT2D eigenvalue weighted by atomic mass is 35.5. The van der Waals surface area contributed by atoms with E-state index in [1.165, 1.54) is 0 Å². The first kappa shape index (κ1) is 12.2. The Kier molecular flexibility index (Phi) is 3.86. The molecule has 0 unspecified atom stereocenters. The quantitative estimate of drug-likeness (QED) is 0.803. The second-order valence-corrected chi connectivity index (χ2v) is 4.10. The van der Waals surface area contributed by atoms with Crippen LogP contribution in [-0.4, -0.2) is 21.9 Å². The molecular weight excluding hydrogens is 261 g/mol. The second kappa shape index (κ2) is 5.38. The van der Waals surface area contributed by atoms with Crippen molar-refractivity contribution in [3.8, 4) is 5.75 Å². The minimum Gasteiger partial charge on any atom is -0.496 e. The van der Waals surface area contributed by atoms with Gasteiger partial charge in [-0.05, 0) is 12.1 Å². The van der Waals surface area contributed by atoms with Crippen molar-refractivity contribution in [2.45, 2.75) is 12.4 Å². The van der Waals surface area contributed by atoms with Crippen molar-refractivity contribution < 1.29 is 4.74 Å². The minimum absolute atomic E-state index is 0.312. The third-order valence-electron chi connectivity index (χ3n) is 2.44. The summed E-state index contributed by atoms with van der Waals surface area (Å²) in [6.07, 6.45) is 1.63. The molecule has 0 spiro atoms. The Balaban J connectivity index is 2.35. The lowest BCUT2D eigenvalue weighted by atomic mass is 10.2. The Morgan fingerprint density at radius 3 is 2.94 bits per heavy atom. The summed E-state index contributed by atoms with van der Waals surface area (Å²) >= 11 is 11.9. The first-order valence-electron chi connectivity index (χ1n) is 5.00. The fourth-order valence-corrected chi connectivity index (χ4v) is 2.00. The number of nitrogens with zero attached hydrogens (tertiary/aromatic N) is 3. The van der Waals surface area contributed by atoms with Crippen LogP contribution >= 0.6 is 23.2 Å². The molecule has 17 heavy (non-hydrogen) atoms. The summed E-state index contributed by atoms with van der Waals surface area (Å²) in [6, 6.07) is 5.54. The molecule has 1 aromatic carbocycles. The molecule has 0 aliphatic carbocycles. The zero-order valence-corrected chi connectivity index (χ0v) is 10.7. The van der Waals surface area contributed by atoms with Gasteiger partial charge in [-0.1, -0.05) is 17.7 Å². The van der Waals surface area contributed by atoms with Crippen LogP contribution in [-0.2, 0) is 12.4 Å². The van der Waals surface area contributed by atoms with E-state index in [4.69, 9.17) is 27.9 Å². The van der Waals surface area contributed by atoms with Gasteiger partial charge in [0.15, 0.2) is 0 Å². The third kappa shape index (κ3) is 2.53. The second-order valence-electron chi connectivity index (χ2n) is 3.43. The predicted octanol–water partition coefficient (Wildman–Crippen LogP) is 2.73. The molecule has 4 nitrogen and oxygen atoms in total. The normalized spacial score (nSPS) is 10.5. The molecular formula is C11H11Cl2N3O. The molecule has 1 aromatic heterocycles. The van der Waals surface area contributed by atoms with Gasteiger partial charge in [0.1, 0.15) is 17.9 Å². The number of hydrogen-bond donors (Lipinski definition) is 0. The maximum atomic E-state index is 6.15. The van der Waals surface area contributed by atoms with Crippen LogP contribution < -0.4 is 4.74 Å². The number of ether oxygens (including phenoxy) is 1. The van der Waals surface area contributed by atoms with Crippen LogP contribution in [0, 0.1) is 0 Å². The SMILES string of the molecule is COc1cccc(Cl)c1Cn1cnnc1CCl. The van der Waals surface area contributed by atoms with Crippen molar-refractivity contribution in [1.82, 2.24) is 14.8 Å². The van der Waals surface area contributed by atoms with Gasteiger partial charge in [0.2, 0.25) is 0 Å². The van der Waals surface area contributed by atoms with Gasteiger partial charge in [-0.15, -0.1) is 21.8 Å². The molecule has 0 amide bonds. The van der Waals surface area contributed by atoms with E-state index in [2.05, 4.69) is 10.2 Å². The topological polar surface area (TPSA) is 39.9 Å². The van der Waals surface area contributed by atoms with Crippen molar-refractivity contribution in [3.63, 3.8) is 0 Å². The third-order valence-corrected chi connectivity index (χ3v) is 3.03. The molecule has 6 heteroatoms. The molecule has 2 rings (SSSR count). The van der Waals surface area contributed by atoms with E-state index in [0.29, 0.717) is 23.3 Å². The molecule has 0 aliphatic rings. The Labute approximate surface area is 109 Å². The molecule has 2 aromatic rings. The Hall–Kier alpha value is -1.26. The van der Waals surface area contributed by atoms with E-state index in [1.54, 1.807) is 13.4 Å². The highest BCUT2D eigenvalue weighted by molar-refractivity contribution is 6.31. The Morgan fingerprint density at radius 2 is 2.24 bits per heavy atom. The van der Waals surface area contributed by atoms with Crippen molar-refractivity contribution in [3.05, 3.63) is 40.9 Å². The molecule has 0 N–H and O–H groups in total. The van der Waals surface area contributed by atoms with Crippen molar-refractivity contribution in [1.29, 1.82) is 0 Å². The molecule has 0 fully saturated rings. The molecule has 0 saturated heterocycles. The highest BCUT2D eigenvalue weighted by Crippen LogP contribution is 2.27. The first-order chi connectivity index (χ1) is 8.26. The predicted molar refractivity (Wildman–Crippen MR) is 66.7 cm³/mol. The maximum absolute atomic E-state index is 6.15. The summed E-state index contributed by atoms with van der Waals surface area (Å²) < 4.78 is 7.12. The summed E-state index contributed by atoms with van der Waals surface area (Å²) in [5.41, 5.74) is 0.892. The molecule has 0 bridgehead atoms. The van der Waals surface area contributed by atoms with Crippen molar-refractivity contribution in [2.75, 3.05) is 7.11 Å². The number of alkyl halides is 1. The van der Waals surface area contributed by atoms with Crippen LogP contribution in [0.4, 0.5) is 0 Å². The van der Waals surface area contributed by atoms with Gasteiger partial charge in [-0.25, -0.2) is 0 Å². The lowest BCUT2D eigenvalue weighted by molar-refractivity contribution is 0.408. The van der Waals surface area contributed by atoms with Crippen LogP contribution in [0.2, 0.25) is 5.02 Å².